The van der Waals surface area contributed by atoms with Gasteiger partial charge in [-0.15, -0.1) is 0 Å². The summed E-state index contributed by atoms with van der Waals surface area (Å²) in [7, 11) is 0. The van der Waals surface area contributed by atoms with Crippen molar-refractivity contribution in [1.82, 2.24) is 19.6 Å². The number of hydrogen-bond donors (Lipinski definition) is 1. The average Bonchev–Trinajstić information content (AvgIpc) is 2.96. The minimum atomic E-state index is -0.499. The molecule has 150 valence electrons. The Morgan fingerprint density at radius 2 is 1.96 bits per heavy atom. The molecule has 1 aliphatic heterocycles. The molecule has 4 atom stereocenters. The summed E-state index contributed by atoms with van der Waals surface area (Å²) in [6.45, 7) is 10.8. The predicted molar refractivity (Wildman–Crippen MR) is 105 cm³/mol. The first kappa shape index (κ1) is 18.8. The Bertz CT molecular complexity index is 917. The molecule has 7 heteroatoms. The Balaban J connectivity index is 1.35. The molecule has 2 amide bonds. The minimum Gasteiger partial charge on any atom is -0.444 e. The van der Waals surface area contributed by atoms with E-state index in [0.29, 0.717) is 13.1 Å². The molecule has 2 aromatic heterocycles. The third kappa shape index (κ3) is 3.34. The smallest absolute Gasteiger partial charge is 0.410 e. The van der Waals surface area contributed by atoms with Gasteiger partial charge >= 0.3 is 6.09 Å². The van der Waals surface area contributed by atoms with Crippen LogP contribution < -0.4 is 5.32 Å². The molecule has 7 nitrogen and oxygen atoms in total. The fraction of sp³-hybridized carbons (Fsp3) is 0.571. The van der Waals surface area contributed by atoms with Gasteiger partial charge in [-0.1, -0.05) is 6.07 Å². The number of carbonyl (C=O) groups is 2. The molecule has 2 aromatic rings. The Morgan fingerprint density at radius 3 is 2.61 bits per heavy atom. The van der Waals surface area contributed by atoms with Gasteiger partial charge in [0.2, 0.25) is 5.91 Å². The zero-order valence-electron chi connectivity index (χ0n) is 17.1. The van der Waals surface area contributed by atoms with Crippen LogP contribution in [-0.4, -0.2) is 45.0 Å². The summed E-state index contributed by atoms with van der Waals surface area (Å²) < 4.78 is 7.45. The van der Waals surface area contributed by atoms with Crippen molar-refractivity contribution in [3.8, 4) is 0 Å². The number of nitrogens with one attached hydrogen (secondary N) is 1. The second-order valence-corrected chi connectivity index (χ2v) is 9.03. The van der Waals surface area contributed by atoms with E-state index in [4.69, 9.17) is 4.74 Å². The van der Waals surface area contributed by atoms with E-state index in [1.54, 1.807) is 4.90 Å². The van der Waals surface area contributed by atoms with Crippen LogP contribution in [0.2, 0.25) is 0 Å². The minimum absolute atomic E-state index is 0.0194. The molecule has 3 heterocycles. The van der Waals surface area contributed by atoms with Crippen LogP contribution >= 0.6 is 0 Å². The maximum atomic E-state index is 12.8. The van der Waals surface area contributed by atoms with Gasteiger partial charge in [-0.3, -0.25) is 4.79 Å². The number of likely N-dealkylation sites (tertiary alicyclic amines) is 1. The molecule has 2 fully saturated rings. The predicted octanol–water partition coefficient (Wildman–Crippen LogP) is 2.93. The number of ether oxygens (including phenoxy) is 1. The van der Waals surface area contributed by atoms with Crippen molar-refractivity contribution >= 4 is 17.5 Å². The molecule has 1 saturated heterocycles. The second kappa shape index (κ2) is 6.50. The van der Waals surface area contributed by atoms with Crippen LogP contribution in [0.25, 0.3) is 5.52 Å². The largest absolute Gasteiger partial charge is 0.444 e. The highest BCUT2D eigenvalue weighted by Crippen LogP contribution is 2.52. The van der Waals surface area contributed by atoms with Crippen LogP contribution in [0.3, 0.4) is 0 Å². The van der Waals surface area contributed by atoms with Crippen LogP contribution in [0.15, 0.2) is 24.5 Å². The SMILES string of the molecule is Cc1cccn2c([C@@H](C)NC(=O)[C@H]3[C@@H]4CN(C(=O)OC(C)(C)C)C[C@@H]43)ncc12. The number of imidazole rings is 1. The summed E-state index contributed by atoms with van der Waals surface area (Å²) >= 11 is 0. The van der Waals surface area contributed by atoms with Gasteiger partial charge in [0.1, 0.15) is 11.4 Å². The summed E-state index contributed by atoms with van der Waals surface area (Å²) in [6, 6.07) is 3.85. The number of amides is 2. The van der Waals surface area contributed by atoms with Gasteiger partial charge in [0, 0.05) is 25.2 Å². The van der Waals surface area contributed by atoms with Crippen molar-refractivity contribution in [2.24, 2.45) is 17.8 Å². The number of aryl methyl sites for hydroxylation is 1. The Labute approximate surface area is 165 Å². The van der Waals surface area contributed by atoms with Gasteiger partial charge in [-0.2, -0.15) is 0 Å². The van der Waals surface area contributed by atoms with Gasteiger partial charge < -0.3 is 19.4 Å². The van der Waals surface area contributed by atoms with Crippen molar-refractivity contribution in [2.45, 2.75) is 46.3 Å². The zero-order chi connectivity index (χ0) is 20.2. The number of pyridine rings is 1. The third-order valence-corrected chi connectivity index (χ3v) is 5.71. The fourth-order valence-corrected chi connectivity index (χ4v) is 4.27. The van der Waals surface area contributed by atoms with Gasteiger partial charge in [0.05, 0.1) is 17.8 Å². The summed E-state index contributed by atoms with van der Waals surface area (Å²) in [5.74, 6) is 1.33. The summed E-state index contributed by atoms with van der Waals surface area (Å²) in [5.41, 5.74) is 1.70. The highest BCUT2D eigenvalue weighted by Gasteiger charge is 2.60. The molecule has 1 N–H and O–H groups in total. The zero-order valence-corrected chi connectivity index (χ0v) is 17.1. The normalized spacial score (nSPS) is 24.8. The van der Waals surface area contributed by atoms with Crippen LogP contribution in [0, 0.1) is 24.7 Å². The maximum absolute atomic E-state index is 12.8. The number of fused-ring (bicyclic) bond motifs is 2. The average molecular weight is 384 g/mol. The molecule has 0 aromatic carbocycles. The summed E-state index contributed by atoms with van der Waals surface area (Å²) in [5, 5.41) is 3.11. The molecule has 0 radical (unpaired) electrons. The molecule has 0 bridgehead atoms. The van der Waals surface area contributed by atoms with E-state index in [1.807, 2.05) is 63.5 Å². The van der Waals surface area contributed by atoms with Crippen molar-refractivity contribution < 1.29 is 14.3 Å². The van der Waals surface area contributed by atoms with Gasteiger partial charge in [0.15, 0.2) is 0 Å². The first-order chi connectivity index (χ1) is 13.2. The van der Waals surface area contributed by atoms with Gasteiger partial charge in [-0.25, -0.2) is 9.78 Å². The van der Waals surface area contributed by atoms with Crippen LogP contribution in [-0.2, 0) is 9.53 Å². The van der Waals surface area contributed by atoms with Crippen LogP contribution in [0.5, 0.6) is 0 Å². The fourth-order valence-electron chi connectivity index (χ4n) is 4.27. The van der Waals surface area contributed by atoms with E-state index in [1.165, 1.54) is 0 Å². The lowest BCUT2D eigenvalue weighted by Crippen LogP contribution is -2.39. The van der Waals surface area contributed by atoms with Crippen molar-refractivity contribution in [3.63, 3.8) is 0 Å². The Hall–Kier alpha value is -2.57. The molecule has 1 saturated carbocycles. The molecule has 28 heavy (non-hydrogen) atoms. The third-order valence-electron chi connectivity index (χ3n) is 5.71. The number of hydrogen-bond acceptors (Lipinski definition) is 4. The number of carbonyl (C=O) groups excluding carboxylic acids is 2. The molecule has 2 aliphatic rings. The lowest BCUT2D eigenvalue weighted by Gasteiger charge is -2.26. The summed E-state index contributed by atoms with van der Waals surface area (Å²) in [6.07, 6.45) is 3.53. The maximum Gasteiger partial charge on any atom is 0.410 e. The van der Waals surface area contributed by atoms with E-state index in [0.717, 1.165) is 16.9 Å². The van der Waals surface area contributed by atoms with E-state index in [2.05, 4.69) is 10.3 Å². The lowest BCUT2D eigenvalue weighted by molar-refractivity contribution is -0.124. The number of rotatable bonds is 3. The van der Waals surface area contributed by atoms with Crippen molar-refractivity contribution in [3.05, 3.63) is 35.9 Å². The first-order valence-corrected chi connectivity index (χ1v) is 9.86. The number of nitrogens with zero attached hydrogens (tertiary/aromatic N) is 3. The quantitative estimate of drug-likeness (QED) is 0.883. The van der Waals surface area contributed by atoms with E-state index < -0.39 is 5.60 Å². The highest BCUT2D eigenvalue weighted by molar-refractivity contribution is 5.83. The van der Waals surface area contributed by atoms with Crippen molar-refractivity contribution in [2.75, 3.05) is 13.1 Å². The topological polar surface area (TPSA) is 75.9 Å². The van der Waals surface area contributed by atoms with Gasteiger partial charge in [-0.05, 0) is 58.1 Å². The van der Waals surface area contributed by atoms with Crippen LogP contribution in [0.4, 0.5) is 4.79 Å². The van der Waals surface area contributed by atoms with E-state index in [9.17, 15) is 9.59 Å². The monoisotopic (exact) mass is 384 g/mol. The number of piperidine rings is 1. The van der Waals surface area contributed by atoms with Crippen LogP contribution in [0.1, 0.15) is 45.1 Å². The van der Waals surface area contributed by atoms with E-state index in [-0.39, 0.29) is 35.8 Å². The van der Waals surface area contributed by atoms with Crippen molar-refractivity contribution in [1.29, 1.82) is 0 Å². The molecule has 1 aliphatic carbocycles. The molecular weight excluding hydrogens is 356 g/mol. The van der Waals surface area contributed by atoms with Gasteiger partial charge in [0.25, 0.3) is 0 Å². The Kier molecular flexibility index (Phi) is 4.36. The highest BCUT2D eigenvalue weighted by atomic mass is 16.6. The first-order valence-electron chi connectivity index (χ1n) is 9.86. The Morgan fingerprint density at radius 1 is 1.29 bits per heavy atom. The lowest BCUT2D eigenvalue weighted by atomic mass is 10.2. The van der Waals surface area contributed by atoms with E-state index >= 15 is 0 Å². The molecule has 4 rings (SSSR count). The molecule has 0 unspecified atom stereocenters. The summed E-state index contributed by atoms with van der Waals surface area (Å²) in [4.78, 5) is 31.2. The second-order valence-electron chi connectivity index (χ2n) is 9.03. The standard InChI is InChI=1S/C21H28N4O3/c1-12-7-6-8-25-16(12)9-22-18(25)13(2)23-19(26)17-14-10-24(11-15(14)17)20(27)28-21(3,4)5/h6-9,13-15,17H,10-11H2,1-5H3,(H,23,26)/t13-,14-,15+,17+/m1/s1. The molecule has 0 spiro atoms. The molecular formula is C21H28N4O3. The number of aromatic nitrogens is 2.